The van der Waals surface area contributed by atoms with E-state index in [0.29, 0.717) is 5.47 Å². The van der Waals surface area contributed by atoms with Crippen molar-refractivity contribution in [1.82, 2.24) is 4.90 Å². The largest absolute Gasteiger partial charge is 0.498 e. The Balaban J connectivity index is 2.61. The fourth-order valence-electron chi connectivity index (χ4n) is 1.12. The Morgan fingerprint density at radius 2 is 2.07 bits per heavy atom. The maximum Gasteiger partial charge on any atom is 0.498 e. The highest BCUT2D eigenvalue weighted by Crippen LogP contribution is 2.24. The van der Waals surface area contributed by atoms with Gasteiger partial charge in [0.2, 0.25) is 0 Å². The summed E-state index contributed by atoms with van der Waals surface area (Å²) in [5, 5.41) is 9.70. The van der Waals surface area contributed by atoms with Crippen molar-refractivity contribution in [2.24, 2.45) is 5.92 Å². The van der Waals surface area contributed by atoms with Crippen molar-refractivity contribution < 1.29 is 14.5 Å². The van der Waals surface area contributed by atoms with E-state index in [1.165, 1.54) is 4.90 Å². The molecule has 1 heterocycles. The Kier molecular flexibility index (Phi) is 3.26. The minimum Gasteiger partial charge on any atom is -0.423 e. The van der Waals surface area contributed by atoms with Gasteiger partial charge in [-0.1, -0.05) is 13.8 Å². The van der Waals surface area contributed by atoms with Crippen molar-refractivity contribution in [3.63, 3.8) is 0 Å². The number of hydrogen-bond donors (Lipinski definition) is 1. The summed E-state index contributed by atoms with van der Waals surface area (Å²) in [4.78, 5) is 12.7. The number of hydrogen-bond acceptors (Lipinski definition) is 3. The van der Waals surface area contributed by atoms with Crippen LogP contribution in [0.4, 0.5) is 0 Å². The molecule has 0 spiro atoms. The van der Waals surface area contributed by atoms with Crippen LogP contribution in [0.1, 0.15) is 27.7 Å². The zero-order valence-corrected chi connectivity index (χ0v) is 9.94. The van der Waals surface area contributed by atoms with Gasteiger partial charge in [0.15, 0.2) is 0 Å². The molecule has 1 aliphatic rings. The lowest BCUT2D eigenvalue weighted by Crippen LogP contribution is -2.46. The topological polar surface area (TPSA) is 49.8 Å². The first-order valence-corrected chi connectivity index (χ1v) is 5.10. The highest BCUT2D eigenvalue weighted by Gasteiger charge is 2.39. The molecule has 0 aromatic carbocycles. The van der Waals surface area contributed by atoms with Crippen molar-refractivity contribution in [1.29, 1.82) is 0 Å². The van der Waals surface area contributed by atoms with Crippen molar-refractivity contribution in [2.75, 3.05) is 7.05 Å². The van der Waals surface area contributed by atoms with Gasteiger partial charge in [-0.05, 0) is 19.8 Å². The first-order chi connectivity index (χ1) is 6.75. The van der Waals surface area contributed by atoms with Crippen molar-refractivity contribution >= 4 is 13.0 Å². The average Bonchev–Trinajstić information content (AvgIpc) is 2.12. The summed E-state index contributed by atoms with van der Waals surface area (Å²) >= 11 is 0. The van der Waals surface area contributed by atoms with E-state index in [4.69, 9.17) is 4.65 Å². The normalized spacial score (nSPS) is 16.6. The summed E-state index contributed by atoms with van der Waals surface area (Å²) in [5.41, 5.74) is -0.124. The molecule has 1 aliphatic heterocycles. The number of amides is 1. The molecule has 4 nitrogen and oxygen atoms in total. The Bertz CT molecular complexity index is 299. The molecular formula is C10H18BNO3. The van der Waals surface area contributed by atoms with Crippen LogP contribution < -0.4 is 0 Å². The van der Waals surface area contributed by atoms with Crippen LogP contribution in [0.5, 0.6) is 0 Å². The van der Waals surface area contributed by atoms with Gasteiger partial charge in [-0.2, -0.15) is 0 Å². The molecule has 0 unspecified atom stereocenters. The maximum absolute atomic E-state index is 11.3. The lowest BCUT2D eigenvalue weighted by Gasteiger charge is -2.34. The van der Waals surface area contributed by atoms with E-state index < -0.39 is 12.7 Å². The Morgan fingerprint density at radius 1 is 1.53 bits per heavy atom. The molecule has 1 rings (SSSR count). The number of carbonyl (C=O) groups is 1. The molecular weight excluding hydrogens is 193 g/mol. The standard InChI is InChI=1S/C10H18BNO3/c1-7(2)10(3,4)15-11(14)8-6-12(5)9(8)13/h6-7,14H,1-5H3. The predicted molar refractivity (Wildman–Crippen MR) is 58.8 cm³/mol. The van der Waals surface area contributed by atoms with Crippen LogP contribution in [-0.2, 0) is 9.45 Å². The van der Waals surface area contributed by atoms with E-state index in [9.17, 15) is 9.82 Å². The van der Waals surface area contributed by atoms with Crippen LogP contribution in [0.15, 0.2) is 11.7 Å². The van der Waals surface area contributed by atoms with E-state index in [-0.39, 0.29) is 11.8 Å². The number of nitrogens with zero attached hydrogens (tertiary/aromatic N) is 1. The number of likely N-dealkylation sites (N-methyl/N-ethyl adjacent to an activating group) is 1. The second kappa shape index (κ2) is 3.98. The van der Waals surface area contributed by atoms with E-state index in [1.807, 2.05) is 27.7 Å². The molecule has 1 N–H and O–H groups in total. The van der Waals surface area contributed by atoms with E-state index in [1.54, 1.807) is 13.2 Å². The molecule has 15 heavy (non-hydrogen) atoms. The van der Waals surface area contributed by atoms with Crippen LogP contribution in [0.3, 0.4) is 0 Å². The third-order valence-electron chi connectivity index (χ3n) is 2.97. The van der Waals surface area contributed by atoms with Crippen molar-refractivity contribution in [3.8, 4) is 0 Å². The molecule has 1 amide bonds. The van der Waals surface area contributed by atoms with E-state index in [2.05, 4.69) is 0 Å². The van der Waals surface area contributed by atoms with Gasteiger partial charge in [0, 0.05) is 13.2 Å². The van der Waals surface area contributed by atoms with Gasteiger partial charge >= 0.3 is 7.12 Å². The number of rotatable bonds is 4. The molecule has 0 aromatic heterocycles. The van der Waals surface area contributed by atoms with Crippen molar-refractivity contribution in [3.05, 3.63) is 11.7 Å². The molecule has 5 heteroatoms. The summed E-state index contributed by atoms with van der Waals surface area (Å²) in [6.07, 6.45) is 1.59. The summed E-state index contributed by atoms with van der Waals surface area (Å²) in [7, 11) is 0.526. The smallest absolute Gasteiger partial charge is 0.423 e. The monoisotopic (exact) mass is 211 g/mol. The zero-order chi connectivity index (χ0) is 11.8. The lowest BCUT2D eigenvalue weighted by molar-refractivity contribution is -0.126. The molecule has 0 saturated carbocycles. The quantitative estimate of drug-likeness (QED) is 0.700. The molecule has 0 radical (unpaired) electrons. The van der Waals surface area contributed by atoms with Crippen LogP contribution >= 0.6 is 0 Å². The van der Waals surface area contributed by atoms with Gasteiger partial charge in [-0.15, -0.1) is 0 Å². The fraction of sp³-hybridized carbons (Fsp3) is 0.700. The summed E-state index contributed by atoms with van der Waals surface area (Å²) < 4.78 is 5.46. The third-order valence-corrected chi connectivity index (χ3v) is 2.97. The fourth-order valence-corrected chi connectivity index (χ4v) is 1.12. The van der Waals surface area contributed by atoms with Crippen LogP contribution in [0.25, 0.3) is 0 Å². The molecule has 0 atom stereocenters. The first-order valence-electron chi connectivity index (χ1n) is 5.10. The van der Waals surface area contributed by atoms with Gasteiger partial charge in [0.05, 0.1) is 11.1 Å². The molecule has 84 valence electrons. The van der Waals surface area contributed by atoms with Crippen LogP contribution in [0.2, 0.25) is 0 Å². The Hall–Kier alpha value is -0.805. The zero-order valence-electron chi connectivity index (χ0n) is 9.94. The van der Waals surface area contributed by atoms with Gasteiger partial charge in [0.1, 0.15) is 0 Å². The average molecular weight is 211 g/mol. The number of carbonyl (C=O) groups excluding carboxylic acids is 1. The highest BCUT2D eigenvalue weighted by atomic mass is 16.5. The summed E-state index contributed by atoms with van der Waals surface area (Å²) in [6, 6.07) is 0. The van der Waals surface area contributed by atoms with Gasteiger partial charge in [-0.3, -0.25) is 4.79 Å². The summed E-state index contributed by atoms with van der Waals surface area (Å²) in [6.45, 7) is 7.81. The Morgan fingerprint density at radius 3 is 2.40 bits per heavy atom. The SMILES string of the molecule is CC(C)C(C)(C)OB(O)C1=CN(C)C1=O. The maximum atomic E-state index is 11.3. The van der Waals surface area contributed by atoms with Gasteiger partial charge in [-0.25, -0.2) is 0 Å². The third kappa shape index (κ3) is 2.41. The molecule has 0 bridgehead atoms. The minimum absolute atomic E-state index is 0.179. The van der Waals surface area contributed by atoms with E-state index >= 15 is 0 Å². The minimum atomic E-state index is -1.12. The predicted octanol–water partition coefficient (Wildman–Crippen LogP) is 0.813. The van der Waals surface area contributed by atoms with E-state index in [0.717, 1.165) is 0 Å². The summed E-state index contributed by atoms with van der Waals surface area (Å²) in [5.74, 6) is 0.0858. The molecule has 0 fully saturated rings. The molecule has 0 aromatic rings. The van der Waals surface area contributed by atoms with Crippen LogP contribution in [0, 0.1) is 5.92 Å². The highest BCUT2D eigenvalue weighted by molar-refractivity contribution is 6.61. The van der Waals surface area contributed by atoms with Crippen LogP contribution in [-0.4, -0.2) is 35.6 Å². The lowest BCUT2D eigenvalue weighted by atomic mass is 9.73. The first kappa shape index (κ1) is 12.3. The van der Waals surface area contributed by atoms with Gasteiger partial charge in [0.25, 0.3) is 5.91 Å². The second-order valence-corrected chi connectivity index (χ2v) is 4.73. The van der Waals surface area contributed by atoms with Crippen molar-refractivity contribution in [2.45, 2.75) is 33.3 Å². The van der Waals surface area contributed by atoms with Gasteiger partial charge < -0.3 is 14.6 Å². The second-order valence-electron chi connectivity index (χ2n) is 4.73. The molecule has 0 aliphatic carbocycles. The molecule has 0 saturated heterocycles. The Labute approximate surface area is 91.1 Å².